The number of nitrogens with one attached hydrogen (secondary N) is 1. The number of nitrogens with zero attached hydrogens (tertiary/aromatic N) is 1. The van der Waals surface area contributed by atoms with E-state index in [1.807, 2.05) is 25.7 Å². The first-order valence-corrected chi connectivity index (χ1v) is 8.46. The molecule has 2 saturated heterocycles. The molecule has 2 fully saturated rings. The molecular formula is C18H24F2N2O2. The Morgan fingerprint density at radius 2 is 1.83 bits per heavy atom. The van der Waals surface area contributed by atoms with Crippen molar-refractivity contribution >= 4 is 11.8 Å². The number of hydrogen-bond donors (Lipinski definition) is 1. The summed E-state index contributed by atoms with van der Waals surface area (Å²) in [6, 6.07) is 3.62. The second-order valence-corrected chi connectivity index (χ2v) is 7.71. The highest BCUT2D eigenvalue weighted by Gasteiger charge is 2.44. The minimum absolute atomic E-state index is 0.0255. The predicted octanol–water partition coefficient (Wildman–Crippen LogP) is 4.31. The van der Waals surface area contributed by atoms with Gasteiger partial charge in [-0.1, -0.05) is 0 Å². The van der Waals surface area contributed by atoms with Crippen molar-refractivity contribution in [2.24, 2.45) is 0 Å². The van der Waals surface area contributed by atoms with E-state index in [-0.39, 0.29) is 29.9 Å². The molecule has 4 nitrogen and oxygen atoms in total. The van der Waals surface area contributed by atoms with Crippen LogP contribution in [-0.2, 0) is 4.74 Å². The van der Waals surface area contributed by atoms with Crippen molar-refractivity contribution in [3.8, 4) is 0 Å². The molecule has 1 amide bonds. The summed E-state index contributed by atoms with van der Waals surface area (Å²) in [5.74, 6) is -0.925. The van der Waals surface area contributed by atoms with Crippen molar-refractivity contribution in [3.63, 3.8) is 0 Å². The van der Waals surface area contributed by atoms with E-state index in [1.165, 1.54) is 6.07 Å². The zero-order valence-electron chi connectivity index (χ0n) is 14.3. The van der Waals surface area contributed by atoms with E-state index >= 15 is 0 Å². The van der Waals surface area contributed by atoms with E-state index in [2.05, 4.69) is 5.32 Å². The van der Waals surface area contributed by atoms with Crippen molar-refractivity contribution in [1.82, 2.24) is 4.90 Å². The summed E-state index contributed by atoms with van der Waals surface area (Å²) in [6.07, 6.45) is 3.00. The van der Waals surface area contributed by atoms with E-state index < -0.39 is 17.2 Å². The fraction of sp³-hybridized carbons (Fsp3) is 0.611. The number of piperidine rings is 1. The molecule has 2 unspecified atom stereocenters. The molecule has 6 heteroatoms. The van der Waals surface area contributed by atoms with Gasteiger partial charge in [-0.15, -0.1) is 0 Å². The molecule has 0 radical (unpaired) electrons. The molecule has 2 aliphatic rings. The van der Waals surface area contributed by atoms with Gasteiger partial charge in [-0.3, -0.25) is 0 Å². The number of fused-ring (bicyclic) bond motifs is 2. The monoisotopic (exact) mass is 338 g/mol. The van der Waals surface area contributed by atoms with Crippen LogP contribution in [0, 0.1) is 11.6 Å². The van der Waals surface area contributed by atoms with Gasteiger partial charge in [0.2, 0.25) is 0 Å². The summed E-state index contributed by atoms with van der Waals surface area (Å²) in [4.78, 5) is 14.3. The van der Waals surface area contributed by atoms with Crippen molar-refractivity contribution < 1.29 is 18.3 Å². The highest BCUT2D eigenvalue weighted by molar-refractivity contribution is 5.69. The molecule has 2 bridgehead atoms. The Bertz CT molecular complexity index is 616. The number of anilines is 1. The van der Waals surface area contributed by atoms with E-state index in [1.54, 1.807) is 0 Å². The number of amides is 1. The van der Waals surface area contributed by atoms with Gasteiger partial charge in [-0.2, -0.15) is 0 Å². The summed E-state index contributed by atoms with van der Waals surface area (Å²) >= 11 is 0. The molecule has 1 aromatic carbocycles. The first-order chi connectivity index (χ1) is 11.2. The number of hydrogen-bond acceptors (Lipinski definition) is 3. The average molecular weight is 338 g/mol. The van der Waals surface area contributed by atoms with E-state index in [0.29, 0.717) is 12.8 Å². The van der Waals surface area contributed by atoms with E-state index in [4.69, 9.17) is 4.74 Å². The van der Waals surface area contributed by atoms with Crippen LogP contribution in [0.1, 0.15) is 46.5 Å². The quantitative estimate of drug-likeness (QED) is 0.874. The second kappa shape index (κ2) is 6.22. The zero-order chi connectivity index (χ0) is 17.5. The molecule has 0 aromatic heterocycles. The van der Waals surface area contributed by atoms with Crippen LogP contribution in [0.2, 0.25) is 0 Å². The minimum Gasteiger partial charge on any atom is -0.444 e. The summed E-state index contributed by atoms with van der Waals surface area (Å²) < 4.78 is 32.6. The number of rotatable bonds is 2. The number of carbonyl (C=O) groups excluding carboxylic acids is 1. The highest BCUT2D eigenvalue weighted by atomic mass is 19.1. The molecule has 24 heavy (non-hydrogen) atoms. The fourth-order valence-corrected chi connectivity index (χ4v) is 3.74. The fourth-order valence-electron chi connectivity index (χ4n) is 3.74. The summed E-state index contributed by atoms with van der Waals surface area (Å²) in [5, 5.41) is 3.10. The van der Waals surface area contributed by atoms with Gasteiger partial charge < -0.3 is 15.0 Å². The standard InChI is InChI=1S/C18H24F2N2O2/c1-18(2,3)24-17(23)22-13-5-6-14(22)10-12(9-13)21-16-8-11(19)4-7-15(16)20/h4,7-8,12-14,21H,5-6,9-10H2,1-3H3. The Hall–Kier alpha value is -1.85. The van der Waals surface area contributed by atoms with Gasteiger partial charge >= 0.3 is 6.09 Å². The molecule has 2 atom stereocenters. The largest absolute Gasteiger partial charge is 0.444 e. The van der Waals surface area contributed by atoms with Crippen molar-refractivity contribution in [1.29, 1.82) is 0 Å². The van der Waals surface area contributed by atoms with Crippen LogP contribution in [0.3, 0.4) is 0 Å². The molecule has 1 N–H and O–H groups in total. The minimum atomic E-state index is -0.518. The summed E-state index contributed by atoms with van der Waals surface area (Å²) in [5.41, 5.74) is -0.332. The smallest absolute Gasteiger partial charge is 0.410 e. The average Bonchev–Trinajstić information content (AvgIpc) is 2.73. The molecule has 0 saturated carbocycles. The normalized spacial score (nSPS) is 26.4. The van der Waals surface area contributed by atoms with Crippen LogP contribution >= 0.6 is 0 Å². The SMILES string of the molecule is CC(C)(C)OC(=O)N1C2CCC1CC(Nc1cc(F)ccc1F)C2. The lowest BCUT2D eigenvalue weighted by Gasteiger charge is -2.40. The number of halogens is 2. The van der Waals surface area contributed by atoms with Crippen LogP contribution in [0.5, 0.6) is 0 Å². The van der Waals surface area contributed by atoms with Crippen LogP contribution in [0.4, 0.5) is 19.3 Å². The first kappa shape index (κ1) is 17.0. The third kappa shape index (κ3) is 3.62. The van der Waals surface area contributed by atoms with Crippen LogP contribution in [0.15, 0.2) is 18.2 Å². The Kier molecular flexibility index (Phi) is 4.40. The van der Waals surface area contributed by atoms with Gasteiger partial charge in [0.25, 0.3) is 0 Å². The topological polar surface area (TPSA) is 41.6 Å². The van der Waals surface area contributed by atoms with Gasteiger partial charge in [0.05, 0.1) is 5.69 Å². The van der Waals surface area contributed by atoms with Gasteiger partial charge in [0.15, 0.2) is 0 Å². The molecule has 0 aliphatic carbocycles. The third-order valence-corrected chi connectivity index (χ3v) is 4.63. The zero-order valence-corrected chi connectivity index (χ0v) is 14.3. The van der Waals surface area contributed by atoms with E-state index in [9.17, 15) is 13.6 Å². The van der Waals surface area contributed by atoms with Crippen molar-refractivity contribution in [3.05, 3.63) is 29.8 Å². The molecule has 132 valence electrons. The third-order valence-electron chi connectivity index (χ3n) is 4.63. The molecule has 0 spiro atoms. The number of ether oxygens (including phenoxy) is 1. The predicted molar refractivity (Wildman–Crippen MR) is 87.9 cm³/mol. The van der Waals surface area contributed by atoms with Gasteiger partial charge in [0.1, 0.15) is 17.2 Å². The van der Waals surface area contributed by atoms with Crippen molar-refractivity contribution in [2.45, 2.75) is 70.2 Å². The Morgan fingerprint density at radius 1 is 1.21 bits per heavy atom. The maximum Gasteiger partial charge on any atom is 0.410 e. The molecule has 3 rings (SSSR count). The lowest BCUT2D eigenvalue weighted by Crippen LogP contribution is -2.51. The Labute approximate surface area is 141 Å². The van der Waals surface area contributed by atoms with Crippen LogP contribution < -0.4 is 5.32 Å². The van der Waals surface area contributed by atoms with Gasteiger partial charge in [0, 0.05) is 18.1 Å². The van der Waals surface area contributed by atoms with E-state index in [0.717, 1.165) is 25.0 Å². The summed E-state index contributed by atoms with van der Waals surface area (Å²) in [6.45, 7) is 5.56. The first-order valence-electron chi connectivity index (χ1n) is 8.46. The van der Waals surface area contributed by atoms with Crippen LogP contribution in [0.25, 0.3) is 0 Å². The lowest BCUT2D eigenvalue weighted by molar-refractivity contribution is 0.00682. The highest BCUT2D eigenvalue weighted by Crippen LogP contribution is 2.38. The lowest BCUT2D eigenvalue weighted by atomic mass is 9.97. The molecule has 2 heterocycles. The van der Waals surface area contributed by atoms with Gasteiger partial charge in [-0.25, -0.2) is 13.6 Å². The maximum atomic E-state index is 13.8. The molecular weight excluding hydrogens is 314 g/mol. The van der Waals surface area contributed by atoms with Crippen molar-refractivity contribution in [2.75, 3.05) is 5.32 Å². The second-order valence-electron chi connectivity index (χ2n) is 7.71. The summed E-state index contributed by atoms with van der Waals surface area (Å²) in [7, 11) is 0. The Morgan fingerprint density at radius 3 is 2.42 bits per heavy atom. The molecule has 1 aromatic rings. The maximum absolute atomic E-state index is 13.8. The molecule has 2 aliphatic heterocycles. The Balaban J connectivity index is 1.67. The van der Waals surface area contributed by atoms with Crippen LogP contribution in [-0.4, -0.2) is 34.7 Å². The van der Waals surface area contributed by atoms with Gasteiger partial charge in [-0.05, 0) is 64.7 Å². The number of benzene rings is 1. The number of carbonyl (C=O) groups is 1.